The Morgan fingerprint density at radius 1 is 0.912 bits per heavy atom. The van der Waals surface area contributed by atoms with Gasteiger partial charge in [-0.1, -0.05) is 42.5 Å². The summed E-state index contributed by atoms with van der Waals surface area (Å²) >= 11 is 0. The summed E-state index contributed by atoms with van der Waals surface area (Å²) in [6.45, 7) is 7.72. The van der Waals surface area contributed by atoms with Crippen molar-refractivity contribution in [2.45, 2.75) is 38.3 Å². The second kappa shape index (κ2) is 13.6. The van der Waals surface area contributed by atoms with E-state index in [-0.39, 0.29) is 18.4 Å². The molecule has 2 amide bonds. The van der Waals surface area contributed by atoms with Gasteiger partial charge in [0.15, 0.2) is 0 Å². The van der Waals surface area contributed by atoms with Crippen LogP contribution in [0.4, 0.5) is 4.79 Å². The summed E-state index contributed by atoms with van der Waals surface area (Å²) in [4.78, 5) is 19.9. The maximum atomic E-state index is 12.7. The van der Waals surface area contributed by atoms with Crippen molar-refractivity contribution in [3.8, 4) is 5.75 Å². The average Bonchev–Trinajstić information content (AvgIpc) is 3.12. The third-order valence-electron chi connectivity index (χ3n) is 6.99. The lowest BCUT2D eigenvalue weighted by molar-refractivity contribution is 0.107. The molecule has 0 aromatic heterocycles. The molecule has 2 heterocycles. The molecule has 0 bridgehead atoms. The van der Waals surface area contributed by atoms with Crippen molar-refractivity contribution in [1.29, 1.82) is 0 Å². The molecule has 0 radical (unpaired) electrons. The average molecular weight is 487 g/mol. The Morgan fingerprint density at radius 2 is 1.65 bits per heavy atom. The van der Waals surface area contributed by atoms with Gasteiger partial charge in [-0.2, -0.15) is 0 Å². The molecule has 0 saturated carbocycles. The van der Waals surface area contributed by atoms with Gasteiger partial charge >= 0.3 is 6.03 Å². The maximum Gasteiger partial charge on any atom is 0.317 e. The summed E-state index contributed by atoms with van der Waals surface area (Å²) in [5, 5.41) is 3.11. The predicted octanol–water partition coefficient (Wildman–Crippen LogP) is 4.04. The van der Waals surface area contributed by atoms with Crippen molar-refractivity contribution >= 4 is 18.4 Å². The van der Waals surface area contributed by atoms with Crippen LogP contribution in [-0.4, -0.2) is 79.7 Å². The van der Waals surface area contributed by atoms with Crippen molar-refractivity contribution in [3.63, 3.8) is 0 Å². The number of benzene rings is 2. The van der Waals surface area contributed by atoms with Crippen molar-refractivity contribution in [2.75, 3.05) is 52.9 Å². The quantitative estimate of drug-likeness (QED) is 0.641. The van der Waals surface area contributed by atoms with Crippen LogP contribution in [0.25, 0.3) is 0 Å². The molecule has 0 unspecified atom stereocenters. The normalized spacial score (nSPS) is 18.1. The third kappa shape index (κ3) is 7.62. The molecule has 1 N–H and O–H groups in total. The van der Waals surface area contributed by atoms with Gasteiger partial charge in [0, 0.05) is 45.3 Å². The number of halogens is 1. The van der Waals surface area contributed by atoms with Crippen LogP contribution in [0.1, 0.15) is 30.4 Å². The zero-order valence-corrected chi connectivity index (χ0v) is 21.1. The summed E-state index contributed by atoms with van der Waals surface area (Å²) in [6, 6.07) is 19.5. The Labute approximate surface area is 210 Å². The van der Waals surface area contributed by atoms with Crippen LogP contribution in [0.5, 0.6) is 5.75 Å². The predicted molar refractivity (Wildman–Crippen MR) is 140 cm³/mol. The number of rotatable bonds is 7. The van der Waals surface area contributed by atoms with Gasteiger partial charge in [-0.15, -0.1) is 12.4 Å². The van der Waals surface area contributed by atoms with E-state index in [1.807, 2.05) is 35.2 Å². The third-order valence-corrected chi connectivity index (χ3v) is 6.99. The van der Waals surface area contributed by atoms with Crippen molar-refractivity contribution in [3.05, 3.63) is 65.7 Å². The molecule has 7 heteroatoms. The number of nitrogens with zero attached hydrogens (tertiary/aromatic N) is 3. The second-order valence-electron chi connectivity index (χ2n) is 9.20. The van der Waals surface area contributed by atoms with Crippen LogP contribution in [0.2, 0.25) is 0 Å². The fourth-order valence-corrected chi connectivity index (χ4v) is 5.01. The van der Waals surface area contributed by atoms with Gasteiger partial charge in [0.2, 0.25) is 0 Å². The van der Waals surface area contributed by atoms with Gasteiger partial charge < -0.3 is 15.0 Å². The number of carbonyl (C=O) groups is 1. The molecule has 2 saturated heterocycles. The van der Waals surface area contributed by atoms with Crippen LogP contribution in [0.15, 0.2) is 54.6 Å². The lowest BCUT2D eigenvalue weighted by Gasteiger charge is -2.38. The topological polar surface area (TPSA) is 48.1 Å². The Kier molecular flexibility index (Phi) is 10.5. The van der Waals surface area contributed by atoms with E-state index in [9.17, 15) is 4.79 Å². The Balaban J connectivity index is 0.00000324. The fourth-order valence-electron chi connectivity index (χ4n) is 5.01. The molecule has 2 aliphatic heterocycles. The monoisotopic (exact) mass is 486 g/mol. The zero-order chi connectivity index (χ0) is 22.9. The van der Waals surface area contributed by atoms with Gasteiger partial charge in [0.25, 0.3) is 0 Å². The highest BCUT2D eigenvalue weighted by Gasteiger charge is 2.27. The van der Waals surface area contributed by atoms with E-state index < -0.39 is 0 Å². The first-order valence-corrected chi connectivity index (χ1v) is 12.4. The van der Waals surface area contributed by atoms with E-state index in [1.54, 1.807) is 7.11 Å². The molecule has 0 atom stereocenters. The highest BCUT2D eigenvalue weighted by molar-refractivity contribution is 5.85. The molecule has 6 nitrogen and oxygen atoms in total. The number of amides is 2. The summed E-state index contributed by atoms with van der Waals surface area (Å²) in [5.74, 6) is 0.914. The van der Waals surface area contributed by atoms with Crippen LogP contribution in [-0.2, 0) is 13.0 Å². The molecule has 4 rings (SSSR count). The number of piperidine rings is 1. The zero-order valence-electron chi connectivity index (χ0n) is 20.3. The number of likely N-dealkylation sites (tertiary alicyclic amines) is 1. The molecule has 2 aromatic rings. The minimum Gasteiger partial charge on any atom is -0.497 e. The first-order chi connectivity index (χ1) is 16.2. The Hall–Kier alpha value is -2.28. The molecule has 0 spiro atoms. The van der Waals surface area contributed by atoms with E-state index in [2.05, 4.69) is 39.4 Å². The summed E-state index contributed by atoms with van der Waals surface area (Å²) in [6.07, 6.45) is 4.35. The number of hydrogen-bond acceptors (Lipinski definition) is 4. The van der Waals surface area contributed by atoms with Crippen molar-refractivity contribution in [1.82, 2.24) is 20.0 Å². The first-order valence-electron chi connectivity index (χ1n) is 12.4. The van der Waals surface area contributed by atoms with Crippen molar-refractivity contribution < 1.29 is 9.53 Å². The number of ether oxygens (including phenoxy) is 1. The van der Waals surface area contributed by atoms with Gasteiger partial charge in [-0.05, 0) is 62.0 Å². The maximum absolute atomic E-state index is 12.7. The number of hydrogen-bond donors (Lipinski definition) is 1. The Morgan fingerprint density at radius 3 is 2.35 bits per heavy atom. The molecule has 2 fully saturated rings. The van der Waals surface area contributed by atoms with Crippen LogP contribution < -0.4 is 10.1 Å². The number of carbonyl (C=O) groups excluding carboxylic acids is 1. The standard InChI is InChI=1S/C27H38N4O2.ClH/c1-33-26-10-8-24(9-11-26)22-29-18-13-25(14-19-29)30-16-5-17-31(21-20-30)27(32)28-15-12-23-6-3-2-4-7-23;/h2-4,6-11,25H,5,12-22H2,1H3,(H,28,32);1H. The van der Waals surface area contributed by atoms with Crippen LogP contribution in [0.3, 0.4) is 0 Å². The smallest absolute Gasteiger partial charge is 0.317 e. The molecule has 186 valence electrons. The van der Waals surface area contributed by atoms with E-state index in [4.69, 9.17) is 4.74 Å². The molecule has 2 aliphatic rings. The fraction of sp³-hybridized carbons (Fsp3) is 0.519. The summed E-state index contributed by atoms with van der Waals surface area (Å²) in [7, 11) is 1.71. The van der Waals surface area contributed by atoms with E-state index >= 15 is 0 Å². The number of methoxy groups -OCH3 is 1. The van der Waals surface area contributed by atoms with Gasteiger partial charge in [0.1, 0.15) is 5.75 Å². The highest BCUT2D eigenvalue weighted by Crippen LogP contribution is 2.21. The van der Waals surface area contributed by atoms with Crippen molar-refractivity contribution in [2.24, 2.45) is 0 Å². The first kappa shape index (κ1) is 26.3. The van der Waals surface area contributed by atoms with Gasteiger partial charge in [-0.25, -0.2) is 4.79 Å². The van der Waals surface area contributed by atoms with E-state index in [0.717, 1.165) is 64.4 Å². The lowest BCUT2D eigenvalue weighted by Crippen LogP contribution is -2.47. The molecular weight excluding hydrogens is 448 g/mol. The Bertz CT molecular complexity index is 857. The summed E-state index contributed by atoms with van der Waals surface area (Å²) < 4.78 is 5.26. The second-order valence-corrected chi connectivity index (χ2v) is 9.20. The number of urea groups is 1. The lowest BCUT2D eigenvalue weighted by atomic mass is 10.0. The van der Waals surface area contributed by atoms with Crippen LogP contribution in [0, 0.1) is 0 Å². The largest absolute Gasteiger partial charge is 0.497 e. The minimum atomic E-state index is 0. The number of nitrogens with one attached hydrogen (secondary N) is 1. The van der Waals surface area contributed by atoms with E-state index in [1.165, 1.54) is 24.0 Å². The highest BCUT2D eigenvalue weighted by atomic mass is 35.5. The molecule has 2 aromatic carbocycles. The molecular formula is C27H39ClN4O2. The van der Waals surface area contributed by atoms with Gasteiger partial charge in [0.05, 0.1) is 7.11 Å². The summed E-state index contributed by atoms with van der Waals surface area (Å²) in [5.41, 5.74) is 2.61. The molecule has 0 aliphatic carbocycles. The minimum absolute atomic E-state index is 0. The SMILES string of the molecule is COc1ccc(CN2CCC(N3CCCN(C(=O)NCCc4ccccc4)CC3)CC2)cc1.Cl. The van der Waals surface area contributed by atoms with Gasteiger partial charge in [-0.3, -0.25) is 9.80 Å². The van der Waals surface area contributed by atoms with Crippen LogP contribution >= 0.6 is 12.4 Å². The molecule has 34 heavy (non-hydrogen) atoms. The van der Waals surface area contributed by atoms with E-state index in [0.29, 0.717) is 12.6 Å².